The highest BCUT2D eigenvalue weighted by Crippen LogP contribution is 2.16. The molecule has 1 aliphatic rings. The average Bonchev–Trinajstić information content (AvgIpc) is 2.77. The molecule has 0 aliphatic heterocycles. The van der Waals surface area contributed by atoms with E-state index >= 15 is 0 Å². The number of furan rings is 1. The van der Waals surface area contributed by atoms with E-state index in [1.165, 1.54) is 0 Å². The van der Waals surface area contributed by atoms with Crippen molar-refractivity contribution < 1.29 is 9.21 Å². The Morgan fingerprint density at radius 2 is 2.41 bits per heavy atom. The van der Waals surface area contributed by atoms with Gasteiger partial charge in [0.1, 0.15) is 0 Å². The van der Waals surface area contributed by atoms with Crippen LogP contribution in [-0.2, 0) is 0 Å². The van der Waals surface area contributed by atoms with Crippen LogP contribution in [0.4, 0.5) is 0 Å². The van der Waals surface area contributed by atoms with Gasteiger partial charge >= 0.3 is 5.91 Å². The van der Waals surface area contributed by atoms with Crippen LogP contribution in [0, 0.1) is 5.92 Å². The molecule has 17 heavy (non-hydrogen) atoms. The zero-order valence-corrected chi connectivity index (χ0v) is 10.8. The van der Waals surface area contributed by atoms with Gasteiger partial charge in [-0.2, -0.15) is 5.10 Å². The number of rotatable bonds is 3. The van der Waals surface area contributed by atoms with Gasteiger partial charge in [0.15, 0.2) is 10.4 Å². The summed E-state index contributed by atoms with van der Waals surface area (Å²) in [6.45, 7) is 0. The Hall–Kier alpha value is -1.36. The SMILES string of the molecule is O=C(N/N=C\[C@@H]1CC=CCC1)c1ccc(Br)o1. The number of carbonyl (C=O) groups excluding carboxylic acids is 1. The van der Waals surface area contributed by atoms with E-state index in [2.05, 4.69) is 38.6 Å². The van der Waals surface area contributed by atoms with Crippen molar-refractivity contribution in [2.24, 2.45) is 11.0 Å². The lowest BCUT2D eigenvalue weighted by molar-refractivity contribution is 0.0926. The van der Waals surface area contributed by atoms with Crippen molar-refractivity contribution in [3.05, 3.63) is 34.7 Å². The van der Waals surface area contributed by atoms with Crippen LogP contribution in [0.1, 0.15) is 29.8 Å². The first-order valence-electron chi connectivity index (χ1n) is 5.49. The summed E-state index contributed by atoms with van der Waals surface area (Å²) in [6.07, 6.45) is 9.26. The Bertz CT molecular complexity index is 451. The minimum Gasteiger partial charge on any atom is -0.444 e. The smallest absolute Gasteiger partial charge is 0.307 e. The Balaban J connectivity index is 1.83. The van der Waals surface area contributed by atoms with Crippen LogP contribution in [0.25, 0.3) is 0 Å². The molecule has 0 saturated heterocycles. The van der Waals surface area contributed by atoms with Gasteiger partial charge in [-0.1, -0.05) is 12.2 Å². The zero-order chi connectivity index (χ0) is 12.1. The second kappa shape index (κ2) is 5.82. The van der Waals surface area contributed by atoms with E-state index < -0.39 is 0 Å². The van der Waals surface area contributed by atoms with Crippen molar-refractivity contribution in [2.45, 2.75) is 19.3 Å². The monoisotopic (exact) mass is 296 g/mol. The fraction of sp³-hybridized carbons (Fsp3) is 0.333. The summed E-state index contributed by atoms with van der Waals surface area (Å²) in [5.41, 5.74) is 2.45. The first-order valence-corrected chi connectivity index (χ1v) is 6.29. The van der Waals surface area contributed by atoms with Crippen molar-refractivity contribution in [3.63, 3.8) is 0 Å². The van der Waals surface area contributed by atoms with Crippen molar-refractivity contribution >= 4 is 28.1 Å². The van der Waals surface area contributed by atoms with Gasteiger partial charge in [0.05, 0.1) is 0 Å². The number of halogens is 1. The van der Waals surface area contributed by atoms with Crippen LogP contribution in [0.5, 0.6) is 0 Å². The Morgan fingerprint density at radius 3 is 3.06 bits per heavy atom. The number of hydrazone groups is 1. The molecule has 0 bridgehead atoms. The molecule has 1 N–H and O–H groups in total. The standard InChI is InChI=1S/C12H13BrN2O2/c13-11-7-6-10(17-11)12(16)15-14-8-9-4-2-1-3-5-9/h1-2,6-9H,3-5H2,(H,15,16)/b14-8-/t9-/m1/s1. The van der Waals surface area contributed by atoms with E-state index in [4.69, 9.17) is 4.42 Å². The molecule has 1 heterocycles. The number of hydrogen-bond donors (Lipinski definition) is 1. The van der Waals surface area contributed by atoms with Crippen LogP contribution in [0.3, 0.4) is 0 Å². The predicted octanol–water partition coefficient (Wildman–Crippen LogP) is 3.11. The van der Waals surface area contributed by atoms with Gasteiger partial charge in [0, 0.05) is 6.21 Å². The van der Waals surface area contributed by atoms with Gasteiger partial charge in [-0.05, 0) is 53.2 Å². The van der Waals surface area contributed by atoms with E-state index in [0.29, 0.717) is 10.6 Å². The largest absolute Gasteiger partial charge is 0.444 e. The van der Waals surface area contributed by atoms with Crippen LogP contribution >= 0.6 is 15.9 Å². The maximum absolute atomic E-state index is 11.5. The van der Waals surface area contributed by atoms with Gasteiger partial charge in [0.25, 0.3) is 0 Å². The average molecular weight is 297 g/mol. The predicted molar refractivity (Wildman–Crippen MR) is 68.8 cm³/mol. The fourth-order valence-corrected chi connectivity index (χ4v) is 1.95. The summed E-state index contributed by atoms with van der Waals surface area (Å²) < 4.78 is 5.64. The lowest BCUT2D eigenvalue weighted by atomic mass is 9.96. The third kappa shape index (κ3) is 3.56. The van der Waals surface area contributed by atoms with Gasteiger partial charge in [-0.25, -0.2) is 5.43 Å². The van der Waals surface area contributed by atoms with Gasteiger partial charge < -0.3 is 4.42 Å². The topological polar surface area (TPSA) is 54.6 Å². The highest BCUT2D eigenvalue weighted by Gasteiger charge is 2.10. The number of carbonyl (C=O) groups is 1. The van der Waals surface area contributed by atoms with Crippen LogP contribution in [-0.4, -0.2) is 12.1 Å². The Morgan fingerprint density at radius 1 is 1.53 bits per heavy atom. The highest BCUT2D eigenvalue weighted by atomic mass is 79.9. The Labute approximate surface area is 108 Å². The molecule has 0 saturated carbocycles. The maximum atomic E-state index is 11.5. The molecule has 1 aliphatic carbocycles. The fourth-order valence-electron chi connectivity index (χ4n) is 1.65. The number of amides is 1. The van der Waals surface area contributed by atoms with Gasteiger partial charge in [-0.15, -0.1) is 0 Å². The van der Waals surface area contributed by atoms with E-state index in [1.54, 1.807) is 18.3 Å². The first-order chi connectivity index (χ1) is 8.25. The molecular formula is C12H13BrN2O2. The van der Waals surface area contributed by atoms with Gasteiger partial charge in [-0.3, -0.25) is 4.79 Å². The minimum atomic E-state index is -0.335. The lowest BCUT2D eigenvalue weighted by Gasteiger charge is -2.11. The molecule has 0 aromatic carbocycles. The summed E-state index contributed by atoms with van der Waals surface area (Å²) in [6, 6.07) is 3.27. The van der Waals surface area contributed by atoms with E-state index in [9.17, 15) is 4.79 Å². The van der Waals surface area contributed by atoms with Crippen molar-refractivity contribution in [1.29, 1.82) is 0 Å². The van der Waals surface area contributed by atoms with Crippen LogP contribution in [0.2, 0.25) is 0 Å². The molecule has 1 aromatic rings. The molecule has 2 rings (SSSR count). The summed E-state index contributed by atoms with van der Waals surface area (Å²) in [5, 5.41) is 3.95. The molecule has 0 fully saturated rings. The van der Waals surface area contributed by atoms with Crippen LogP contribution < -0.4 is 5.43 Å². The molecule has 90 valence electrons. The molecule has 0 unspecified atom stereocenters. The van der Waals surface area contributed by atoms with Crippen LogP contribution in [0.15, 0.2) is 38.5 Å². The second-order valence-corrected chi connectivity index (χ2v) is 4.65. The van der Waals surface area contributed by atoms with E-state index in [0.717, 1.165) is 19.3 Å². The third-order valence-electron chi connectivity index (χ3n) is 2.56. The maximum Gasteiger partial charge on any atom is 0.307 e. The molecule has 0 spiro atoms. The minimum absolute atomic E-state index is 0.248. The lowest BCUT2D eigenvalue weighted by Crippen LogP contribution is -2.18. The molecule has 0 radical (unpaired) electrons. The molecule has 1 aromatic heterocycles. The van der Waals surface area contributed by atoms with E-state index in [1.807, 2.05) is 0 Å². The third-order valence-corrected chi connectivity index (χ3v) is 2.98. The summed E-state index contributed by atoms with van der Waals surface area (Å²) >= 11 is 3.14. The quantitative estimate of drug-likeness (QED) is 0.529. The van der Waals surface area contributed by atoms with E-state index in [-0.39, 0.29) is 11.7 Å². The second-order valence-electron chi connectivity index (χ2n) is 3.87. The summed E-state index contributed by atoms with van der Waals surface area (Å²) in [7, 11) is 0. The molecule has 1 amide bonds. The number of nitrogens with one attached hydrogen (secondary N) is 1. The van der Waals surface area contributed by atoms with Crippen molar-refractivity contribution in [3.8, 4) is 0 Å². The number of allylic oxidation sites excluding steroid dienone is 2. The van der Waals surface area contributed by atoms with Crippen molar-refractivity contribution in [1.82, 2.24) is 5.43 Å². The van der Waals surface area contributed by atoms with Gasteiger partial charge in [0.2, 0.25) is 0 Å². The summed E-state index contributed by atoms with van der Waals surface area (Å²) in [5.74, 6) is 0.333. The number of nitrogens with zero attached hydrogens (tertiary/aromatic N) is 1. The molecule has 5 heteroatoms. The summed E-state index contributed by atoms with van der Waals surface area (Å²) in [4.78, 5) is 11.5. The normalized spacial score (nSPS) is 19.7. The zero-order valence-electron chi connectivity index (χ0n) is 9.23. The number of hydrogen-bond acceptors (Lipinski definition) is 3. The molecule has 1 atom stereocenters. The van der Waals surface area contributed by atoms with Crippen molar-refractivity contribution in [2.75, 3.05) is 0 Å². The molecular weight excluding hydrogens is 284 g/mol. The first kappa shape index (κ1) is 12.1. The Kier molecular flexibility index (Phi) is 4.14. The highest BCUT2D eigenvalue weighted by molar-refractivity contribution is 9.10. The molecule has 4 nitrogen and oxygen atoms in total.